The van der Waals surface area contributed by atoms with Gasteiger partial charge in [-0.3, -0.25) is 4.79 Å². The van der Waals surface area contributed by atoms with Gasteiger partial charge in [-0.25, -0.2) is 9.59 Å². The highest BCUT2D eigenvalue weighted by Crippen LogP contribution is 2.25. The van der Waals surface area contributed by atoms with Gasteiger partial charge in [0.05, 0.1) is 13.2 Å². The number of nitrogens with one attached hydrogen (secondary N) is 1. The van der Waals surface area contributed by atoms with Crippen molar-refractivity contribution in [2.75, 3.05) is 33.6 Å². The maximum atomic E-state index is 13.9. The van der Waals surface area contributed by atoms with E-state index in [1.807, 2.05) is 37.3 Å². The zero-order valence-corrected chi connectivity index (χ0v) is 22.5. The van der Waals surface area contributed by atoms with Crippen LogP contribution in [0.15, 0.2) is 36.4 Å². The van der Waals surface area contributed by atoms with Crippen LogP contribution in [0.2, 0.25) is 0 Å². The molecule has 3 atom stereocenters. The van der Waals surface area contributed by atoms with Crippen molar-refractivity contribution in [1.29, 1.82) is 0 Å². The Balaban J connectivity index is 1.85. The number of carbonyl (C=O) groups is 3. The molecule has 2 aliphatic rings. The molecule has 10 nitrogen and oxygen atoms in total. The van der Waals surface area contributed by atoms with Crippen molar-refractivity contribution in [1.82, 2.24) is 15.1 Å². The predicted molar refractivity (Wildman–Crippen MR) is 142 cm³/mol. The average molecular weight is 532 g/mol. The van der Waals surface area contributed by atoms with E-state index in [-0.39, 0.29) is 32.2 Å². The summed E-state index contributed by atoms with van der Waals surface area (Å²) in [5.41, 5.74) is 0.951. The van der Waals surface area contributed by atoms with E-state index >= 15 is 0 Å². The maximum Gasteiger partial charge on any atom is 0.326 e. The van der Waals surface area contributed by atoms with Crippen LogP contribution in [0.1, 0.15) is 57.4 Å². The molecule has 2 N–H and O–H groups in total. The molecule has 1 aromatic rings. The van der Waals surface area contributed by atoms with Crippen LogP contribution in [0.5, 0.6) is 5.75 Å². The summed E-state index contributed by atoms with van der Waals surface area (Å²) < 4.78 is 16.4. The topological polar surface area (TPSA) is 118 Å². The number of hydrogen-bond acceptors (Lipinski definition) is 6. The van der Waals surface area contributed by atoms with Crippen molar-refractivity contribution < 1.29 is 33.7 Å². The number of fused-ring (bicyclic) bond motifs is 1. The van der Waals surface area contributed by atoms with Gasteiger partial charge in [0, 0.05) is 32.7 Å². The summed E-state index contributed by atoms with van der Waals surface area (Å²) in [4.78, 5) is 42.4. The van der Waals surface area contributed by atoms with E-state index in [0.717, 1.165) is 37.0 Å². The Bertz CT molecular complexity index is 937. The summed E-state index contributed by atoms with van der Waals surface area (Å²) in [6.07, 6.45) is 8.43. The molecule has 210 valence electrons. The lowest BCUT2D eigenvalue weighted by Gasteiger charge is -2.32. The van der Waals surface area contributed by atoms with Crippen LogP contribution in [0.3, 0.4) is 0 Å². The summed E-state index contributed by atoms with van der Waals surface area (Å²) in [5, 5.41) is 12.4. The molecule has 1 fully saturated rings. The number of carbonyl (C=O) groups excluding carboxylic acids is 2. The minimum atomic E-state index is -1.09. The third-order valence-electron chi connectivity index (χ3n) is 6.91. The van der Waals surface area contributed by atoms with Gasteiger partial charge in [-0.15, -0.1) is 0 Å². The van der Waals surface area contributed by atoms with Crippen molar-refractivity contribution in [2.45, 2.75) is 76.6 Å². The number of carboxylic acid groups (broad SMARTS) is 1. The van der Waals surface area contributed by atoms with Crippen molar-refractivity contribution in [2.24, 2.45) is 0 Å². The smallest absolute Gasteiger partial charge is 0.326 e. The van der Waals surface area contributed by atoms with Crippen molar-refractivity contribution in [3.8, 4) is 5.75 Å². The monoisotopic (exact) mass is 531 g/mol. The van der Waals surface area contributed by atoms with Crippen molar-refractivity contribution in [3.05, 3.63) is 42.0 Å². The van der Waals surface area contributed by atoms with Gasteiger partial charge in [0.2, 0.25) is 5.91 Å². The molecule has 1 saturated heterocycles. The van der Waals surface area contributed by atoms with E-state index in [2.05, 4.69) is 11.4 Å². The molecule has 0 saturated carbocycles. The zero-order valence-electron chi connectivity index (χ0n) is 22.5. The molecule has 3 unspecified atom stereocenters. The first-order valence-electron chi connectivity index (χ1n) is 13.5. The highest BCUT2D eigenvalue weighted by molar-refractivity contribution is 5.90. The largest absolute Gasteiger partial charge is 0.497 e. The lowest BCUT2D eigenvalue weighted by Crippen LogP contribution is -2.53. The first-order valence-corrected chi connectivity index (χ1v) is 13.5. The molecule has 3 rings (SSSR count). The number of hydrogen-bond donors (Lipinski definition) is 2. The van der Waals surface area contributed by atoms with Gasteiger partial charge in [0.15, 0.2) is 0 Å². The average Bonchev–Trinajstić information content (AvgIpc) is 3.34. The number of urea groups is 1. The molecule has 0 radical (unpaired) electrons. The lowest BCUT2D eigenvalue weighted by molar-refractivity contribution is -0.142. The number of carboxylic acids is 1. The number of nitrogens with zero attached hydrogens (tertiary/aromatic N) is 2. The van der Waals surface area contributed by atoms with Crippen LogP contribution >= 0.6 is 0 Å². The Morgan fingerprint density at radius 3 is 2.58 bits per heavy atom. The lowest BCUT2D eigenvalue weighted by atomic mass is 10.1. The Labute approximate surface area is 224 Å². The third-order valence-corrected chi connectivity index (χ3v) is 6.91. The molecular weight excluding hydrogens is 490 g/mol. The fourth-order valence-corrected chi connectivity index (χ4v) is 4.75. The molecule has 10 heteroatoms. The highest BCUT2D eigenvalue weighted by Gasteiger charge is 2.42. The molecule has 38 heavy (non-hydrogen) atoms. The van der Waals surface area contributed by atoms with Crippen LogP contribution in [-0.4, -0.2) is 84.6 Å². The van der Waals surface area contributed by atoms with E-state index < -0.39 is 30.1 Å². The van der Waals surface area contributed by atoms with Gasteiger partial charge >= 0.3 is 12.0 Å². The van der Waals surface area contributed by atoms with Crippen LogP contribution in [0.4, 0.5) is 4.79 Å². The summed E-state index contributed by atoms with van der Waals surface area (Å²) in [7, 11) is 1.61. The number of amides is 3. The Morgan fingerprint density at radius 2 is 1.87 bits per heavy atom. The number of benzene rings is 1. The summed E-state index contributed by atoms with van der Waals surface area (Å²) >= 11 is 0. The SMILES string of the molecule is CCOCOC1CC2C(=O)NC(C(=O)O)CCC=CCCCCCN(Cc3ccc(OC)cc3)C(=O)N2C1. The number of rotatable bonds is 8. The van der Waals surface area contributed by atoms with Crippen molar-refractivity contribution in [3.63, 3.8) is 0 Å². The third kappa shape index (κ3) is 8.73. The minimum absolute atomic E-state index is 0.0667. The fraction of sp³-hybridized carbons (Fsp3) is 0.607. The summed E-state index contributed by atoms with van der Waals surface area (Å²) in [6, 6.07) is 5.44. The summed E-state index contributed by atoms with van der Waals surface area (Å²) in [6.45, 7) is 3.57. The van der Waals surface area contributed by atoms with E-state index in [1.54, 1.807) is 12.0 Å². The number of aliphatic carboxylic acids is 1. The van der Waals surface area contributed by atoms with Crippen LogP contribution < -0.4 is 10.1 Å². The molecule has 0 aliphatic carbocycles. The second kappa shape index (κ2) is 15.3. The predicted octanol–water partition coefficient (Wildman–Crippen LogP) is 3.55. The standard InChI is InChI=1S/C28H41N3O7/c1-3-37-20-38-23-17-25-26(32)29-24(27(33)34)11-9-7-5-4-6-8-10-16-30(28(35)31(25)19-23)18-21-12-14-22(36-2)15-13-21/h5,7,12-15,23-25H,3-4,6,8-11,16-20H2,1-2H3,(H,29,32)(H,33,34). The highest BCUT2D eigenvalue weighted by atomic mass is 16.7. The Morgan fingerprint density at radius 1 is 1.11 bits per heavy atom. The molecule has 3 amide bonds. The first-order chi connectivity index (χ1) is 18.4. The zero-order chi connectivity index (χ0) is 27.3. The van der Waals surface area contributed by atoms with Gasteiger partial charge in [-0.1, -0.05) is 30.7 Å². The van der Waals surface area contributed by atoms with E-state index in [4.69, 9.17) is 14.2 Å². The quantitative estimate of drug-likeness (QED) is 0.299. The molecule has 2 aliphatic heterocycles. The molecule has 1 aromatic carbocycles. The van der Waals surface area contributed by atoms with E-state index in [9.17, 15) is 19.5 Å². The normalized spacial score (nSPS) is 23.7. The van der Waals surface area contributed by atoms with Crippen LogP contribution in [0, 0.1) is 0 Å². The Kier molecular flexibility index (Phi) is 11.9. The number of allylic oxidation sites excluding steroid dienone is 2. The van der Waals surface area contributed by atoms with Gasteiger partial charge in [-0.2, -0.15) is 0 Å². The second-order valence-electron chi connectivity index (χ2n) is 9.65. The van der Waals surface area contributed by atoms with E-state index in [1.165, 1.54) is 4.90 Å². The second-order valence-corrected chi connectivity index (χ2v) is 9.65. The maximum absolute atomic E-state index is 13.9. The van der Waals surface area contributed by atoms with Crippen LogP contribution in [0.25, 0.3) is 0 Å². The van der Waals surface area contributed by atoms with Gasteiger partial charge in [-0.05, 0) is 56.7 Å². The molecule has 0 spiro atoms. The van der Waals surface area contributed by atoms with Gasteiger partial charge in [0.1, 0.15) is 24.6 Å². The Hall–Kier alpha value is -3.11. The van der Waals surface area contributed by atoms with Crippen LogP contribution in [-0.2, 0) is 25.6 Å². The fourth-order valence-electron chi connectivity index (χ4n) is 4.75. The van der Waals surface area contributed by atoms with Gasteiger partial charge < -0.3 is 34.4 Å². The van der Waals surface area contributed by atoms with E-state index in [0.29, 0.717) is 26.1 Å². The minimum Gasteiger partial charge on any atom is -0.497 e. The summed E-state index contributed by atoms with van der Waals surface area (Å²) in [5.74, 6) is -0.831. The first kappa shape index (κ1) is 29.4. The number of methoxy groups -OCH3 is 1. The molecular formula is C28H41N3O7. The van der Waals surface area contributed by atoms with Crippen molar-refractivity contribution >= 4 is 17.9 Å². The number of ether oxygens (including phenoxy) is 3. The van der Waals surface area contributed by atoms with Gasteiger partial charge in [0.25, 0.3) is 0 Å². The molecule has 0 bridgehead atoms. The molecule has 2 heterocycles. The molecule has 0 aromatic heterocycles.